The molecule has 0 N–H and O–H groups in total. The number of hydrogen-bond acceptors (Lipinski definition) is 3. The minimum atomic E-state index is -0.310. The van der Waals surface area contributed by atoms with E-state index < -0.39 is 0 Å². The molecule has 0 atom stereocenters. The van der Waals surface area contributed by atoms with Crippen molar-refractivity contribution in [1.29, 1.82) is 0 Å². The molecular weight excluding hydrogens is 275 g/mol. The molecule has 0 radical (unpaired) electrons. The second kappa shape index (κ2) is 5.51. The molecule has 0 bridgehead atoms. The van der Waals surface area contributed by atoms with Crippen molar-refractivity contribution in [3.8, 4) is 0 Å². The van der Waals surface area contributed by atoms with Crippen LogP contribution in [0.1, 0.15) is 10.6 Å². The van der Waals surface area contributed by atoms with E-state index >= 15 is 0 Å². The smallest absolute Gasteiger partial charge is 0.208 e. The Kier molecular flexibility index (Phi) is 3.56. The van der Waals surface area contributed by atoms with E-state index in [1.54, 1.807) is 24.3 Å². The number of halogens is 1. The minimum absolute atomic E-state index is 0.144. The molecule has 0 spiro atoms. The summed E-state index contributed by atoms with van der Waals surface area (Å²) in [7, 11) is 0. The SMILES string of the molecule is O=C(CSc1ccccc1F)c1cc2ccccc2o1. The molecule has 0 aliphatic rings. The van der Waals surface area contributed by atoms with Crippen LogP contribution < -0.4 is 0 Å². The van der Waals surface area contributed by atoms with Crippen molar-refractivity contribution in [2.75, 3.05) is 5.75 Å². The molecule has 0 saturated carbocycles. The Balaban J connectivity index is 1.75. The number of carbonyl (C=O) groups is 1. The Hall–Kier alpha value is -2.07. The van der Waals surface area contributed by atoms with E-state index in [4.69, 9.17) is 4.42 Å². The zero-order valence-electron chi connectivity index (χ0n) is 10.5. The van der Waals surface area contributed by atoms with Crippen LogP contribution in [-0.2, 0) is 0 Å². The van der Waals surface area contributed by atoms with E-state index in [-0.39, 0.29) is 17.4 Å². The van der Waals surface area contributed by atoms with E-state index in [0.29, 0.717) is 16.2 Å². The summed E-state index contributed by atoms with van der Waals surface area (Å²) in [4.78, 5) is 12.5. The summed E-state index contributed by atoms with van der Waals surface area (Å²) in [5, 5.41) is 0.895. The molecular formula is C16H11FO2S. The first kappa shape index (κ1) is 12.9. The number of hydrogen-bond donors (Lipinski definition) is 0. The molecule has 0 saturated heterocycles. The van der Waals surface area contributed by atoms with Gasteiger partial charge in [0.05, 0.1) is 5.75 Å². The highest BCUT2D eigenvalue weighted by molar-refractivity contribution is 8.00. The maximum Gasteiger partial charge on any atom is 0.208 e. The lowest BCUT2D eigenvalue weighted by Gasteiger charge is -2.00. The standard InChI is InChI=1S/C16H11FO2S/c17-12-6-2-4-8-16(12)20-10-13(18)15-9-11-5-1-3-7-14(11)19-15/h1-9H,10H2. The van der Waals surface area contributed by atoms with Crippen LogP contribution in [0.5, 0.6) is 0 Å². The Bertz CT molecular complexity index is 731. The molecule has 20 heavy (non-hydrogen) atoms. The number of benzene rings is 2. The van der Waals surface area contributed by atoms with Crippen molar-refractivity contribution in [3.05, 3.63) is 66.2 Å². The maximum atomic E-state index is 13.5. The van der Waals surface area contributed by atoms with Crippen molar-refractivity contribution in [1.82, 2.24) is 0 Å². The number of furan rings is 1. The number of Topliss-reactive ketones (excluding diaryl/α,β-unsaturated/α-hetero) is 1. The summed E-state index contributed by atoms with van der Waals surface area (Å²) in [5.41, 5.74) is 0.687. The van der Waals surface area contributed by atoms with Gasteiger partial charge < -0.3 is 4.42 Å². The molecule has 2 aromatic carbocycles. The molecule has 1 heterocycles. The summed E-state index contributed by atoms with van der Waals surface area (Å²) in [6.45, 7) is 0. The quantitative estimate of drug-likeness (QED) is 0.521. The first-order valence-corrected chi connectivity index (χ1v) is 7.12. The number of carbonyl (C=O) groups excluding carboxylic acids is 1. The van der Waals surface area contributed by atoms with Crippen molar-refractivity contribution >= 4 is 28.5 Å². The zero-order chi connectivity index (χ0) is 13.9. The number of fused-ring (bicyclic) bond motifs is 1. The van der Waals surface area contributed by atoms with Crippen LogP contribution in [0, 0.1) is 5.82 Å². The highest BCUT2D eigenvalue weighted by Crippen LogP contribution is 2.24. The van der Waals surface area contributed by atoms with E-state index in [2.05, 4.69) is 0 Å². The molecule has 0 unspecified atom stereocenters. The van der Waals surface area contributed by atoms with Gasteiger partial charge in [0.1, 0.15) is 11.4 Å². The summed E-state index contributed by atoms with van der Waals surface area (Å²) in [5.74, 6) is 0.0141. The predicted octanol–water partition coefficient (Wildman–Crippen LogP) is 4.55. The van der Waals surface area contributed by atoms with Gasteiger partial charge in [0, 0.05) is 10.3 Å². The first-order chi connectivity index (χ1) is 9.74. The Labute approximate surface area is 119 Å². The highest BCUT2D eigenvalue weighted by atomic mass is 32.2. The normalized spacial score (nSPS) is 10.8. The van der Waals surface area contributed by atoms with Gasteiger partial charge in [-0.05, 0) is 24.3 Å². The molecule has 3 rings (SSSR count). The summed E-state index contributed by atoms with van der Waals surface area (Å²) >= 11 is 1.18. The maximum absolute atomic E-state index is 13.5. The number of para-hydroxylation sites is 1. The third kappa shape index (κ3) is 2.60. The second-order valence-electron chi connectivity index (χ2n) is 4.29. The molecule has 0 amide bonds. The van der Waals surface area contributed by atoms with Gasteiger partial charge in [0.2, 0.25) is 5.78 Å². The molecule has 2 nitrogen and oxygen atoms in total. The average Bonchev–Trinajstić information content (AvgIpc) is 2.90. The van der Waals surface area contributed by atoms with Gasteiger partial charge in [-0.2, -0.15) is 0 Å². The summed E-state index contributed by atoms with van der Waals surface area (Å²) < 4.78 is 18.9. The van der Waals surface area contributed by atoms with E-state index in [9.17, 15) is 9.18 Å². The number of ketones is 1. The minimum Gasteiger partial charge on any atom is -0.453 e. The number of rotatable bonds is 4. The van der Waals surface area contributed by atoms with Crippen molar-refractivity contribution < 1.29 is 13.6 Å². The van der Waals surface area contributed by atoms with Crippen molar-refractivity contribution in [2.45, 2.75) is 4.90 Å². The number of thioether (sulfide) groups is 1. The van der Waals surface area contributed by atoms with Crippen LogP contribution in [0.4, 0.5) is 4.39 Å². The van der Waals surface area contributed by atoms with Gasteiger partial charge >= 0.3 is 0 Å². The van der Waals surface area contributed by atoms with E-state index in [1.165, 1.54) is 17.8 Å². The highest BCUT2D eigenvalue weighted by Gasteiger charge is 2.13. The van der Waals surface area contributed by atoms with Gasteiger partial charge in [-0.25, -0.2) is 4.39 Å². The Morgan fingerprint density at radius 2 is 1.85 bits per heavy atom. The third-order valence-corrected chi connectivity index (χ3v) is 3.94. The average molecular weight is 286 g/mol. The van der Waals surface area contributed by atoms with Gasteiger partial charge in [-0.3, -0.25) is 4.79 Å². The first-order valence-electron chi connectivity index (χ1n) is 6.13. The molecule has 0 aliphatic heterocycles. The van der Waals surface area contributed by atoms with Gasteiger partial charge in [-0.15, -0.1) is 11.8 Å². The van der Waals surface area contributed by atoms with Crippen LogP contribution in [0.2, 0.25) is 0 Å². The van der Waals surface area contributed by atoms with Crippen molar-refractivity contribution in [3.63, 3.8) is 0 Å². The second-order valence-corrected chi connectivity index (χ2v) is 5.31. The lowest BCUT2D eigenvalue weighted by Crippen LogP contribution is -2.00. The van der Waals surface area contributed by atoms with E-state index in [1.807, 2.05) is 24.3 Å². The van der Waals surface area contributed by atoms with Crippen LogP contribution in [0.25, 0.3) is 11.0 Å². The molecule has 0 fully saturated rings. The summed E-state index contributed by atoms with van der Waals surface area (Å²) in [6, 6.07) is 15.6. The predicted molar refractivity (Wildman–Crippen MR) is 77.7 cm³/mol. The van der Waals surface area contributed by atoms with Crippen molar-refractivity contribution in [2.24, 2.45) is 0 Å². The molecule has 4 heteroatoms. The van der Waals surface area contributed by atoms with Crippen LogP contribution in [-0.4, -0.2) is 11.5 Å². The monoisotopic (exact) mass is 286 g/mol. The van der Waals surface area contributed by atoms with Gasteiger partial charge in [0.15, 0.2) is 5.76 Å². The summed E-state index contributed by atoms with van der Waals surface area (Å²) in [6.07, 6.45) is 0. The Morgan fingerprint density at radius 1 is 1.10 bits per heavy atom. The van der Waals surface area contributed by atoms with Gasteiger partial charge in [0.25, 0.3) is 0 Å². The third-order valence-electron chi connectivity index (χ3n) is 2.90. The lowest BCUT2D eigenvalue weighted by molar-refractivity contribution is 0.0994. The zero-order valence-corrected chi connectivity index (χ0v) is 11.3. The molecule has 3 aromatic rings. The fourth-order valence-corrected chi connectivity index (χ4v) is 2.71. The molecule has 0 aliphatic carbocycles. The fraction of sp³-hybridized carbons (Fsp3) is 0.0625. The van der Waals surface area contributed by atoms with Crippen LogP contribution in [0.3, 0.4) is 0 Å². The molecule has 1 aromatic heterocycles. The molecule has 100 valence electrons. The topological polar surface area (TPSA) is 30.2 Å². The fourth-order valence-electron chi connectivity index (χ4n) is 1.90. The van der Waals surface area contributed by atoms with Crippen LogP contribution >= 0.6 is 11.8 Å². The Morgan fingerprint density at radius 3 is 2.65 bits per heavy atom. The van der Waals surface area contributed by atoms with Gasteiger partial charge in [-0.1, -0.05) is 30.3 Å². The largest absolute Gasteiger partial charge is 0.453 e. The van der Waals surface area contributed by atoms with Crippen LogP contribution in [0.15, 0.2) is 63.9 Å². The van der Waals surface area contributed by atoms with E-state index in [0.717, 1.165) is 5.39 Å². The lowest BCUT2D eigenvalue weighted by atomic mass is 10.2.